The van der Waals surface area contributed by atoms with Crippen LogP contribution in [-0.4, -0.2) is 40.9 Å². The molecular formula is C14H26N4. The molecule has 2 rings (SSSR count). The molecule has 4 heteroatoms. The van der Waals surface area contributed by atoms with Crippen molar-refractivity contribution in [1.29, 1.82) is 0 Å². The summed E-state index contributed by atoms with van der Waals surface area (Å²) in [6.07, 6.45) is 5.07. The molecule has 1 unspecified atom stereocenters. The third-order valence-electron chi connectivity index (χ3n) is 4.00. The lowest BCUT2D eigenvalue weighted by Gasteiger charge is -2.32. The summed E-state index contributed by atoms with van der Waals surface area (Å²) in [5.74, 6) is 0. The lowest BCUT2D eigenvalue weighted by atomic mass is 10.0. The Kier molecular flexibility index (Phi) is 4.78. The predicted octanol–water partition coefficient (Wildman–Crippen LogP) is 1.56. The number of hydrogen-bond acceptors (Lipinski definition) is 3. The lowest BCUT2D eigenvalue weighted by Crippen LogP contribution is -2.43. The van der Waals surface area contributed by atoms with Crippen LogP contribution in [0.25, 0.3) is 0 Å². The highest BCUT2D eigenvalue weighted by Gasteiger charge is 2.18. The van der Waals surface area contributed by atoms with Gasteiger partial charge in [0.1, 0.15) is 0 Å². The standard InChI is InChI=1S/C14H26N4/c1-4-12-9-14(18(3)16-12)11-15-10-13-7-5-6-8-17(13)2/h9,13,15H,4-8,10-11H2,1-3H3. The molecular weight excluding hydrogens is 224 g/mol. The SMILES string of the molecule is CCc1cc(CNCC2CCCCN2C)n(C)n1. The summed E-state index contributed by atoms with van der Waals surface area (Å²) in [6, 6.07) is 2.91. The second kappa shape index (κ2) is 6.34. The molecule has 102 valence electrons. The average Bonchev–Trinajstić information content (AvgIpc) is 2.73. The van der Waals surface area contributed by atoms with E-state index in [1.54, 1.807) is 0 Å². The van der Waals surface area contributed by atoms with Gasteiger partial charge in [0.25, 0.3) is 0 Å². The molecule has 2 heterocycles. The molecule has 1 aliphatic heterocycles. The Morgan fingerprint density at radius 3 is 2.89 bits per heavy atom. The van der Waals surface area contributed by atoms with E-state index in [0.29, 0.717) is 6.04 Å². The van der Waals surface area contributed by atoms with Crippen LogP contribution in [0.15, 0.2) is 6.07 Å². The third kappa shape index (κ3) is 3.33. The maximum Gasteiger partial charge on any atom is 0.0625 e. The van der Waals surface area contributed by atoms with Gasteiger partial charge in [0, 0.05) is 26.2 Å². The van der Waals surface area contributed by atoms with Crippen LogP contribution in [0.3, 0.4) is 0 Å². The number of likely N-dealkylation sites (tertiary alicyclic amines) is 1. The van der Waals surface area contributed by atoms with Gasteiger partial charge in [-0.25, -0.2) is 0 Å². The van der Waals surface area contributed by atoms with Crippen LogP contribution in [0.4, 0.5) is 0 Å². The Labute approximate surface area is 110 Å². The molecule has 1 fully saturated rings. The van der Waals surface area contributed by atoms with E-state index >= 15 is 0 Å². The number of nitrogens with one attached hydrogen (secondary N) is 1. The van der Waals surface area contributed by atoms with Crippen molar-refractivity contribution in [2.75, 3.05) is 20.1 Å². The van der Waals surface area contributed by atoms with E-state index in [9.17, 15) is 0 Å². The van der Waals surface area contributed by atoms with Gasteiger partial charge in [-0.1, -0.05) is 13.3 Å². The Bertz CT molecular complexity index is 372. The second-order valence-electron chi connectivity index (χ2n) is 5.37. The van der Waals surface area contributed by atoms with E-state index in [2.05, 4.69) is 35.4 Å². The molecule has 1 aromatic rings. The number of hydrogen-bond donors (Lipinski definition) is 1. The van der Waals surface area contributed by atoms with Gasteiger partial charge in [-0.3, -0.25) is 4.68 Å². The monoisotopic (exact) mass is 250 g/mol. The van der Waals surface area contributed by atoms with Crippen LogP contribution in [0, 0.1) is 0 Å². The predicted molar refractivity (Wildman–Crippen MR) is 74.6 cm³/mol. The number of aryl methyl sites for hydroxylation is 2. The molecule has 1 aromatic heterocycles. The summed E-state index contributed by atoms with van der Waals surface area (Å²) < 4.78 is 2.00. The van der Waals surface area contributed by atoms with Crippen molar-refractivity contribution in [2.45, 2.75) is 45.2 Å². The quantitative estimate of drug-likeness (QED) is 0.861. The van der Waals surface area contributed by atoms with Crippen molar-refractivity contribution in [2.24, 2.45) is 7.05 Å². The van der Waals surface area contributed by atoms with E-state index in [-0.39, 0.29) is 0 Å². The molecule has 0 aliphatic carbocycles. The van der Waals surface area contributed by atoms with Crippen LogP contribution in [0.5, 0.6) is 0 Å². The molecule has 0 bridgehead atoms. The van der Waals surface area contributed by atoms with Gasteiger partial charge in [0.2, 0.25) is 0 Å². The van der Waals surface area contributed by atoms with Gasteiger partial charge in [-0.05, 0) is 38.9 Å². The smallest absolute Gasteiger partial charge is 0.0625 e. The van der Waals surface area contributed by atoms with Gasteiger partial charge in [-0.2, -0.15) is 5.10 Å². The summed E-state index contributed by atoms with van der Waals surface area (Å²) in [5, 5.41) is 8.05. The molecule has 1 saturated heterocycles. The van der Waals surface area contributed by atoms with Gasteiger partial charge < -0.3 is 10.2 Å². The van der Waals surface area contributed by atoms with Crippen LogP contribution < -0.4 is 5.32 Å². The van der Waals surface area contributed by atoms with Crippen molar-refractivity contribution < 1.29 is 0 Å². The van der Waals surface area contributed by atoms with Gasteiger partial charge >= 0.3 is 0 Å². The van der Waals surface area contributed by atoms with Crippen LogP contribution in [0.2, 0.25) is 0 Å². The molecule has 0 amide bonds. The fourth-order valence-corrected chi connectivity index (χ4v) is 2.68. The van der Waals surface area contributed by atoms with E-state index in [1.165, 1.54) is 37.2 Å². The van der Waals surface area contributed by atoms with Crippen molar-refractivity contribution in [3.63, 3.8) is 0 Å². The van der Waals surface area contributed by atoms with E-state index in [4.69, 9.17) is 0 Å². The Morgan fingerprint density at radius 1 is 1.39 bits per heavy atom. The maximum absolute atomic E-state index is 4.48. The molecule has 4 nitrogen and oxygen atoms in total. The summed E-state index contributed by atoms with van der Waals surface area (Å²) >= 11 is 0. The molecule has 18 heavy (non-hydrogen) atoms. The fraction of sp³-hybridized carbons (Fsp3) is 0.786. The van der Waals surface area contributed by atoms with Crippen LogP contribution in [-0.2, 0) is 20.0 Å². The van der Waals surface area contributed by atoms with Crippen LogP contribution in [0.1, 0.15) is 37.6 Å². The summed E-state index contributed by atoms with van der Waals surface area (Å²) in [5.41, 5.74) is 2.47. The van der Waals surface area contributed by atoms with Crippen molar-refractivity contribution in [1.82, 2.24) is 20.0 Å². The first-order valence-electron chi connectivity index (χ1n) is 7.13. The summed E-state index contributed by atoms with van der Waals surface area (Å²) in [6.45, 7) is 5.41. The first-order chi connectivity index (χ1) is 8.70. The molecule has 0 saturated carbocycles. The number of rotatable bonds is 5. The summed E-state index contributed by atoms with van der Waals surface area (Å²) in [4.78, 5) is 2.48. The van der Waals surface area contributed by atoms with Gasteiger partial charge in [0.05, 0.1) is 11.4 Å². The normalized spacial score (nSPS) is 21.4. The van der Waals surface area contributed by atoms with E-state index < -0.39 is 0 Å². The molecule has 1 atom stereocenters. The summed E-state index contributed by atoms with van der Waals surface area (Å²) in [7, 11) is 4.27. The zero-order chi connectivity index (χ0) is 13.0. The first-order valence-corrected chi connectivity index (χ1v) is 7.13. The molecule has 0 spiro atoms. The Hall–Kier alpha value is -0.870. The highest BCUT2D eigenvalue weighted by molar-refractivity contribution is 5.09. The minimum atomic E-state index is 0.706. The average molecular weight is 250 g/mol. The number of piperidine rings is 1. The zero-order valence-electron chi connectivity index (χ0n) is 11.9. The fourth-order valence-electron chi connectivity index (χ4n) is 2.68. The first kappa shape index (κ1) is 13.6. The highest BCUT2D eigenvalue weighted by Crippen LogP contribution is 2.14. The Morgan fingerprint density at radius 2 is 2.22 bits per heavy atom. The number of likely N-dealkylation sites (N-methyl/N-ethyl adjacent to an activating group) is 1. The molecule has 0 aromatic carbocycles. The van der Waals surface area contributed by atoms with Crippen molar-refractivity contribution in [3.05, 3.63) is 17.5 Å². The van der Waals surface area contributed by atoms with Gasteiger partial charge in [-0.15, -0.1) is 0 Å². The number of nitrogens with zero attached hydrogens (tertiary/aromatic N) is 3. The number of aromatic nitrogens is 2. The van der Waals surface area contributed by atoms with Crippen molar-refractivity contribution in [3.8, 4) is 0 Å². The highest BCUT2D eigenvalue weighted by atomic mass is 15.3. The maximum atomic E-state index is 4.48. The molecule has 1 aliphatic rings. The molecule has 0 radical (unpaired) electrons. The minimum Gasteiger partial charge on any atom is -0.310 e. The largest absolute Gasteiger partial charge is 0.310 e. The van der Waals surface area contributed by atoms with Crippen LogP contribution >= 0.6 is 0 Å². The van der Waals surface area contributed by atoms with E-state index in [0.717, 1.165) is 19.5 Å². The minimum absolute atomic E-state index is 0.706. The van der Waals surface area contributed by atoms with Crippen molar-refractivity contribution >= 4 is 0 Å². The Balaban J connectivity index is 1.78. The third-order valence-corrected chi connectivity index (χ3v) is 4.00. The van der Waals surface area contributed by atoms with E-state index in [1.807, 2.05) is 11.7 Å². The topological polar surface area (TPSA) is 33.1 Å². The van der Waals surface area contributed by atoms with Gasteiger partial charge in [0.15, 0.2) is 0 Å². The lowest BCUT2D eigenvalue weighted by molar-refractivity contribution is 0.181. The molecule has 1 N–H and O–H groups in total. The second-order valence-corrected chi connectivity index (χ2v) is 5.37. The zero-order valence-corrected chi connectivity index (χ0v) is 11.9.